The molecule has 0 saturated heterocycles. The van der Waals surface area contributed by atoms with Crippen molar-refractivity contribution in [1.29, 1.82) is 0 Å². The zero-order valence-electron chi connectivity index (χ0n) is 22.2. The van der Waals surface area contributed by atoms with Crippen molar-refractivity contribution < 1.29 is 14.3 Å². The Balaban J connectivity index is 1.83. The van der Waals surface area contributed by atoms with Crippen LogP contribution in [0.1, 0.15) is 90.7 Å². The van der Waals surface area contributed by atoms with Crippen molar-refractivity contribution in [1.82, 2.24) is 0 Å². The van der Waals surface area contributed by atoms with Crippen LogP contribution in [0.5, 0.6) is 5.75 Å². The van der Waals surface area contributed by atoms with E-state index in [1.54, 1.807) is 0 Å². The second kappa shape index (κ2) is 11.3. The van der Waals surface area contributed by atoms with E-state index in [-0.39, 0.29) is 17.1 Å². The summed E-state index contributed by atoms with van der Waals surface area (Å²) >= 11 is 0. The lowest BCUT2D eigenvalue weighted by Crippen LogP contribution is -2.39. The molecule has 1 N–H and O–H groups in total. The molecule has 0 bridgehead atoms. The number of carbonyl (C=O) groups excluding carboxylic acids is 2. The van der Waals surface area contributed by atoms with Crippen LogP contribution in [0.3, 0.4) is 0 Å². The number of ether oxygens (including phenoxy) is 1. The first-order valence-corrected chi connectivity index (χ1v) is 13.5. The van der Waals surface area contributed by atoms with Gasteiger partial charge in [0.15, 0.2) is 5.78 Å². The molecule has 1 amide bonds. The van der Waals surface area contributed by atoms with Gasteiger partial charge < -0.3 is 10.1 Å². The van der Waals surface area contributed by atoms with E-state index in [9.17, 15) is 9.59 Å². The minimum absolute atomic E-state index is 0.0531. The fourth-order valence-electron chi connectivity index (χ4n) is 5.31. The van der Waals surface area contributed by atoms with Crippen molar-refractivity contribution in [2.75, 3.05) is 16.8 Å². The third-order valence-electron chi connectivity index (χ3n) is 7.13. The van der Waals surface area contributed by atoms with Crippen LogP contribution in [0, 0.1) is 5.41 Å². The monoisotopic (exact) mass is 488 g/mol. The van der Waals surface area contributed by atoms with Crippen molar-refractivity contribution in [3.63, 3.8) is 0 Å². The van der Waals surface area contributed by atoms with Gasteiger partial charge in [0.1, 0.15) is 5.75 Å². The number of nitrogens with one attached hydrogen (secondary N) is 1. The van der Waals surface area contributed by atoms with Crippen molar-refractivity contribution in [2.45, 2.75) is 85.1 Å². The third kappa shape index (κ3) is 5.66. The number of benzene rings is 2. The molecule has 5 heteroatoms. The summed E-state index contributed by atoms with van der Waals surface area (Å²) in [5.74, 6) is 0.976. The predicted molar refractivity (Wildman–Crippen MR) is 146 cm³/mol. The van der Waals surface area contributed by atoms with E-state index in [1.807, 2.05) is 53.4 Å². The topological polar surface area (TPSA) is 58.6 Å². The average Bonchev–Trinajstić information content (AvgIpc) is 2.98. The molecule has 1 heterocycles. The van der Waals surface area contributed by atoms with E-state index >= 15 is 0 Å². The molecular formula is C31H40N2O3. The van der Waals surface area contributed by atoms with E-state index < -0.39 is 6.04 Å². The number of allylic oxidation sites excluding steroid dienone is 1. The smallest absolute Gasteiger partial charge is 0.227 e. The minimum atomic E-state index is -0.474. The van der Waals surface area contributed by atoms with E-state index in [2.05, 4.69) is 33.0 Å². The first kappa shape index (κ1) is 26.0. The van der Waals surface area contributed by atoms with Crippen LogP contribution in [0.15, 0.2) is 59.8 Å². The second-order valence-corrected chi connectivity index (χ2v) is 10.9. The van der Waals surface area contributed by atoms with Crippen molar-refractivity contribution in [3.8, 4) is 5.75 Å². The summed E-state index contributed by atoms with van der Waals surface area (Å²) in [5, 5.41) is 3.59. The van der Waals surface area contributed by atoms with E-state index in [0.29, 0.717) is 25.0 Å². The number of hydrogen-bond acceptors (Lipinski definition) is 4. The summed E-state index contributed by atoms with van der Waals surface area (Å²) in [6, 6.07) is 15.4. The molecule has 2 aliphatic rings. The number of anilines is 2. The van der Waals surface area contributed by atoms with Gasteiger partial charge in [0.2, 0.25) is 5.91 Å². The Morgan fingerprint density at radius 1 is 1.00 bits per heavy atom. The van der Waals surface area contributed by atoms with Gasteiger partial charge in [0.25, 0.3) is 0 Å². The molecule has 36 heavy (non-hydrogen) atoms. The van der Waals surface area contributed by atoms with Gasteiger partial charge in [-0.1, -0.05) is 71.2 Å². The zero-order valence-corrected chi connectivity index (χ0v) is 22.2. The second-order valence-electron chi connectivity index (χ2n) is 10.9. The summed E-state index contributed by atoms with van der Waals surface area (Å²) < 4.78 is 5.89. The van der Waals surface area contributed by atoms with Crippen molar-refractivity contribution in [3.05, 3.63) is 65.4 Å². The summed E-state index contributed by atoms with van der Waals surface area (Å²) in [6.45, 7) is 9.24. The van der Waals surface area contributed by atoms with Crippen LogP contribution in [-0.4, -0.2) is 18.3 Å². The molecule has 192 valence electrons. The van der Waals surface area contributed by atoms with Crippen molar-refractivity contribution in [2.24, 2.45) is 5.41 Å². The largest absolute Gasteiger partial charge is 0.494 e. The summed E-state index contributed by atoms with van der Waals surface area (Å²) in [6.07, 6.45) is 6.67. The van der Waals surface area contributed by atoms with Crippen LogP contribution in [0.25, 0.3) is 0 Å². The van der Waals surface area contributed by atoms with Gasteiger partial charge in [-0.25, -0.2) is 0 Å². The molecule has 0 aromatic heterocycles. The first-order chi connectivity index (χ1) is 17.3. The Morgan fingerprint density at radius 3 is 2.44 bits per heavy atom. The number of ketones is 1. The maximum atomic E-state index is 13.9. The summed E-state index contributed by atoms with van der Waals surface area (Å²) in [4.78, 5) is 29.5. The number of para-hydroxylation sites is 2. The summed E-state index contributed by atoms with van der Waals surface area (Å²) in [5.41, 5.74) is 4.14. The standard InChI is InChI=1S/C31H40N2O3/c1-5-7-9-14-28(35)33-26-13-11-10-12-24(26)32-25-20-31(3,4)21-27(34)29(25)30(33)22-15-17-23(18-16-22)36-19-8-6-2/h10-13,15-18,30,32H,5-9,14,19-21H2,1-4H3/t30-/m1/s1. The Hall–Kier alpha value is -3.08. The Kier molecular flexibility index (Phi) is 8.17. The molecular weight excluding hydrogens is 448 g/mol. The highest BCUT2D eigenvalue weighted by Crippen LogP contribution is 2.48. The van der Waals surface area contributed by atoms with Crippen LogP contribution in [0.2, 0.25) is 0 Å². The van der Waals surface area contributed by atoms with E-state index in [0.717, 1.165) is 66.9 Å². The highest BCUT2D eigenvalue weighted by Gasteiger charge is 2.43. The fraction of sp³-hybridized carbons (Fsp3) is 0.484. The van der Waals surface area contributed by atoms with Crippen molar-refractivity contribution >= 4 is 23.1 Å². The number of rotatable bonds is 9. The molecule has 0 saturated carbocycles. The number of hydrogen-bond donors (Lipinski definition) is 1. The van der Waals surface area contributed by atoms with Crippen LogP contribution in [-0.2, 0) is 9.59 Å². The summed E-state index contributed by atoms with van der Waals surface area (Å²) in [7, 11) is 0. The lowest BCUT2D eigenvalue weighted by atomic mass is 9.73. The maximum absolute atomic E-state index is 13.9. The lowest BCUT2D eigenvalue weighted by molar-refractivity contribution is -0.119. The van der Waals surface area contributed by atoms with Gasteiger partial charge in [-0.15, -0.1) is 0 Å². The quantitative estimate of drug-likeness (QED) is 0.369. The van der Waals surface area contributed by atoms with E-state index in [1.165, 1.54) is 0 Å². The average molecular weight is 489 g/mol. The lowest BCUT2D eigenvalue weighted by Gasteiger charge is -2.37. The maximum Gasteiger partial charge on any atom is 0.227 e. The fourth-order valence-corrected chi connectivity index (χ4v) is 5.31. The zero-order chi connectivity index (χ0) is 25.7. The number of amides is 1. The highest BCUT2D eigenvalue weighted by atomic mass is 16.5. The first-order valence-electron chi connectivity index (χ1n) is 13.5. The van der Waals surface area contributed by atoms with Gasteiger partial charge in [-0.2, -0.15) is 0 Å². The molecule has 1 aliphatic heterocycles. The van der Waals surface area contributed by atoms with Gasteiger partial charge in [0.05, 0.1) is 24.0 Å². The molecule has 0 fully saturated rings. The predicted octanol–water partition coefficient (Wildman–Crippen LogP) is 7.59. The number of unbranched alkanes of at least 4 members (excludes halogenated alkanes) is 3. The normalized spacial score (nSPS) is 18.7. The molecule has 2 aromatic rings. The SMILES string of the molecule is CCCCCC(=O)N1c2ccccc2NC2=C(C(=O)CC(C)(C)C2)[C@H]1c1ccc(OCCCC)cc1. The van der Waals surface area contributed by atoms with Gasteiger partial charge in [0, 0.05) is 24.1 Å². The highest BCUT2D eigenvalue weighted by molar-refractivity contribution is 6.06. The number of Topliss-reactive ketones (excluding diaryl/α,β-unsaturated/α-hetero) is 1. The molecule has 4 rings (SSSR count). The molecule has 0 spiro atoms. The number of carbonyl (C=O) groups is 2. The number of fused-ring (bicyclic) bond motifs is 1. The molecule has 1 atom stereocenters. The third-order valence-corrected chi connectivity index (χ3v) is 7.13. The van der Waals surface area contributed by atoms with Crippen LogP contribution >= 0.6 is 0 Å². The molecule has 0 radical (unpaired) electrons. The number of nitrogens with zero attached hydrogens (tertiary/aromatic N) is 1. The van der Waals surface area contributed by atoms with Gasteiger partial charge >= 0.3 is 0 Å². The molecule has 2 aromatic carbocycles. The van der Waals surface area contributed by atoms with E-state index in [4.69, 9.17) is 4.74 Å². The van der Waals surface area contributed by atoms with Gasteiger partial charge in [-0.05, 0) is 54.5 Å². The molecule has 0 unspecified atom stereocenters. The molecule has 5 nitrogen and oxygen atoms in total. The Labute approximate surface area is 215 Å². The van der Waals surface area contributed by atoms with Crippen LogP contribution < -0.4 is 15.0 Å². The van der Waals surface area contributed by atoms with Gasteiger partial charge in [-0.3, -0.25) is 14.5 Å². The van der Waals surface area contributed by atoms with Crippen LogP contribution in [0.4, 0.5) is 11.4 Å². The Morgan fingerprint density at radius 2 is 1.72 bits per heavy atom. The Bertz CT molecular complexity index is 1120. The molecule has 1 aliphatic carbocycles. The minimum Gasteiger partial charge on any atom is -0.494 e.